The lowest BCUT2D eigenvalue weighted by Gasteiger charge is -2.07. The molecule has 2 aromatic rings. The summed E-state index contributed by atoms with van der Waals surface area (Å²) in [4.78, 5) is 32.6. The summed E-state index contributed by atoms with van der Waals surface area (Å²) in [5.41, 5.74) is 0.361. The van der Waals surface area contributed by atoms with Crippen molar-refractivity contribution < 1.29 is 14.6 Å². The van der Waals surface area contributed by atoms with Crippen molar-refractivity contribution in [2.45, 2.75) is 26.2 Å². The van der Waals surface area contributed by atoms with Gasteiger partial charge < -0.3 is 5.32 Å². The molecule has 0 aromatic heterocycles. The van der Waals surface area contributed by atoms with Crippen LogP contribution in [0.2, 0.25) is 0 Å². The number of nitro benzene ring substituents is 2. The SMILES string of the molecule is CCCCc1ccc(NC(=O)c2ccc([N+](=O)[O-])cc2[N+](=O)[O-])cc1. The zero-order valence-electron chi connectivity index (χ0n) is 13.6. The molecule has 0 radical (unpaired) electrons. The lowest BCUT2D eigenvalue weighted by molar-refractivity contribution is -0.394. The van der Waals surface area contributed by atoms with Crippen LogP contribution in [0.3, 0.4) is 0 Å². The van der Waals surface area contributed by atoms with Gasteiger partial charge in [0.05, 0.1) is 15.9 Å². The number of hydrogen-bond acceptors (Lipinski definition) is 5. The molecule has 8 heteroatoms. The second-order valence-electron chi connectivity index (χ2n) is 5.47. The van der Waals surface area contributed by atoms with Crippen molar-refractivity contribution in [3.05, 3.63) is 73.8 Å². The summed E-state index contributed by atoms with van der Waals surface area (Å²) in [7, 11) is 0. The number of aryl methyl sites for hydroxylation is 1. The van der Waals surface area contributed by atoms with Gasteiger partial charge in [0.2, 0.25) is 0 Å². The molecule has 0 unspecified atom stereocenters. The van der Waals surface area contributed by atoms with Crippen molar-refractivity contribution in [3.8, 4) is 0 Å². The van der Waals surface area contributed by atoms with E-state index in [1.54, 1.807) is 12.1 Å². The fraction of sp³-hybridized carbons (Fsp3) is 0.235. The molecule has 0 heterocycles. The van der Waals surface area contributed by atoms with Gasteiger partial charge >= 0.3 is 0 Å². The highest BCUT2D eigenvalue weighted by atomic mass is 16.6. The van der Waals surface area contributed by atoms with E-state index in [1.807, 2.05) is 12.1 Å². The summed E-state index contributed by atoms with van der Waals surface area (Å²) in [5.74, 6) is -0.692. The fourth-order valence-electron chi connectivity index (χ4n) is 2.31. The van der Waals surface area contributed by atoms with E-state index < -0.39 is 27.1 Å². The van der Waals surface area contributed by atoms with Gasteiger partial charge in [0.15, 0.2) is 0 Å². The van der Waals surface area contributed by atoms with Crippen molar-refractivity contribution >= 4 is 23.0 Å². The molecule has 0 aliphatic carbocycles. The van der Waals surface area contributed by atoms with Crippen molar-refractivity contribution in [2.24, 2.45) is 0 Å². The van der Waals surface area contributed by atoms with Gasteiger partial charge in [-0.05, 0) is 36.6 Å². The second-order valence-corrected chi connectivity index (χ2v) is 5.47. The van der Waals surface area contributed by atoms with Crippen LogP contribution >= 0.6 is 0 Å². The van der Waals surface area contributed by atoms with Gasteiger partial charge in [-0.25, -0.2) is 0 Å². The number of anilines is 1. The Morgan fingerprint density at radius 2 is 1.72 bits per heavy atom. The van der Waals surface area contributed by atoms with Crippen LogP contribution in [0.5, 0.6) is 0 Å². The minimum atomic E-state index is -0.810. The predicted molar refractivity (Wildman–Crippen MR) is 92.8 cm³/mol. The van der Waals surface area contributed by atoms with Gasteiger partial charge in [-0.1, -0.05) is 25.5 Å². The van der Waals surface area contributed by atoms with E-state index in [-0.39, 0.29) is 5.56 Å². The molecule has 130 valence electrons. The molecule has 2 aromatic carbocycles. The fourth-order valence-corrected chi connectivity index (χ4v) is 2.31. The smallest absolute Gasteiger partial charge is 0.289 e. The van der Waals surface area contributed by atoms with Crippen LogP contribution in [0.1, 0.15) is 35.7 Å². The minimum Gasteiger partial charge on any atom is -0.322 e. The molecule has 1 N–H and O–H groups in total. The van der Waals surface area contributed by atoms with Gasteiger partial charge in [-0.3, -0.25) is 25.0 Å². The molecule has 1 amide bonds. The number of carbonyl (C=O) groups is 1. The van der Waals surface area contributed by atoms with E-state index in [9.17, 15) is 25.0 Å². The summed E-state index contributed by atoms with van der Waals surface area (Å²) >= 11 is 0. The number of nitro groups is 2. The Kier molecular flexibility index (Phi) is 5.78. The van der Waals surface area contributed by atoms with E-state index in [2.05, 4.69) is 12.2 Å². The number of benzene rings is 2. The Morgan fingerprint density at radius 3 is 2.28 bits per heavy atom. The van der Waals surface area contributed by atoms with Crippen LogP contribution in [0.15, 0.2) is 42.5 Å². The van der Waals surface area contributed by atoms with Crippen molar-refractivity contribution in [2.75, 3.05) is 5.32 Å². The topological polar surface area (TPSA) is 115 Å². The molecular formula is C17H17N3O5. The average molecular weight is 343 g/mol. The molecule has 0 aliphatic heterocycles. The first kappa shape index (κ1) is 18.1. The molecule has 2 rings (SSSR count). The Labute approximate surface area is 143 Å². The van der Waals surface area contributed by atoms with E-state index >= 15 is 0 Å². The van der Waals surface area contributed by atoms with Crippen LogP contribution in [0, 0.1) is 20.2 Å². The van der Waals surface area contributed by atoms with E-state index in [4.69, 9.17) is 0 Å². The summed E-state index contributed by atoms with van der Waals surface area (Å²) < 4.78 is 0. The van der Waals surface area contributed by atoms with Gasteiger partial charge in [0.25, 0.3) is 17.3 Å². The highest BCUT2D eigenvalue weighted by Gasteiger charge is 2.24. The Balaban J connectivity index is 2.20. The molecular weight excluding hydrogens is 326 g/mol. The second kappa shape index (κ2) is 8.00. The predicted octanol–water partition coefficient (Wildman–Crippen LogP) is 4.10. The average Bonchev–Trinajstić information content (AvgIpc) is 2.60. The number of rotatable bonds is 7. The quantitative estimate of drug-likeness (QED) is 0.600. The first-order chi connectivity index (χ1) is 11.9. The van der Waals surface area contributed by atoms with Gasteiger partial charge in [-0.15, -0.1) is 0 Å². The number of unbranched alkanes of at least 4 members (excludes halogenated alkanes) is 1. The molecule has 0 saturated carbocycles. The largest absolute Gasteiger partial charge is 0.322 e. The standard InChI is InChI=1S/C17H17N3O5/c1-2-3-4-12-5-7-13(8-6-12)18-17(21)15-10-9-14(19(22)23)11-16(15)20(24)25/h5-11H,2-4H2,1H3,(H,18,21). The van der Waals surface area contributed by atoms with E-state index in [1.165, 1.54) is 0 Å². The van der Waals surface area contributed by atoms with Crippen molar-refractivity contribution in [1.82, 2.24) is 0 Å². The molecule has 0 aliphatic rings. The molecule has 0 fully saturated rings. The third-order valence-electron chi connectivity index (χ3n) is 3.66. The summed E-state index contributed by atoms with van der Waals surface area (Å²) in [6.07, 6.45) is 3.10. The first-order valence-electron chi connectivity index (χ1n) is 7.75. The summed E-state index contributed by atoms with van der Waals surface area (Å²) in [5, 5.41) is 24.4. The number of non-ortho nitro benzene ring substituents is 1. The number of hydrogen-bond donors (Lipinski definition) is 1. The summed E-state index contributed by atoms with van der Waals surface area (Å²) in [6, 6.07) is 10.1. The van der Waals surface area contributed by atoms with E-state index in [0.717, 1.165) is 43.0 Å². The maximum absolute atomic E-state index is 12.3. The zero-order valence-corrected chi connectivity index (χ0v) is 13.6. The van der Waals surface area contributed by atoms with Crippen LogP contribution in [-0.2, 0) is 6.42 Å². The number of amides is 1. The molecule has 8 nitrogen and oxygen atoms in total. The van der Waals surface area contributed by atoms with Crippen LogP contribution < -0.4 is 5.32 Å². The van der Waals surface area contributed by atoms with Gasteiger partial charge in [-0.2, -0.15) is 0 Å². The van der Waals surface area contributed by atoms with Gasteiger partial charge in [0.1, 0.15) is 5.56 Å². The first-order valence-corrected chi connectivity index (χ1v) is 7.75. The van der Waals surface area contributed by atoms with Crippen molar-refractivity contribution in [3.63, 3.8) is 0 Å². The monoisotopic (exact) mass is 343 g/mol. The molecule has 0 atom stereocenters. The van der Waals surface area contributed by atoms with Crippen LogP contribution in [0.4, 0.5) is 17.1 Å². The van der Waals surface area contributed by atoms with Gasteiger partial charge in [0, 0.05) is 11.8 Å². The highest BCUT2D eigenvalue weighted by molar-refractivity contribution is 6.07. The molecule has 0 spiro atoms. The normalized spacial score (nSPS) is 10.3. The minimum absolute atomic E-state index is 0.231. The maximum atomic E-state index is 12.3. The van der Waals surface area contributed by atoms with Crippen molar-refractivity contribution in [1.29, 1.82) is 0 Å². The van der Waals surface area contributed by atoms with E-state index in [0.29, 0.717) is 5.69 Å². The molecule has 25 heavy (non-hydrogen) atoms. The summed E-state index contributed by atoms with van der Waals surface area (Å²) in [6.45, 7) is 2.10. The molecule has 0 saturated heterocycles. The van der Waals surface area contributed by atoms with Crippen LogP contribution in [-0.4, -0.2) is 15.8 Å². The highest BCUT2D eigenvalue weighted by Crippen LogP contribution is 2.25. The number of nitrogens with zero attached hydrogens (tertiary/aromatic N) is 2. The van der Waals surface area contributed by atoms with Crippen LogP contribution in [0.25, 0.3) is 0 Å². The third kappa shape index (κ3) is 4.60. The Bertz CT molecular complexity index is 802. The lowest BCUT2D eigenvalue weighted by atomic mass is 10.1. The number of carbonyl (C=O) groups excluding carboxylic acids is 1. The Morgan fingerprint density at radius 1 is 1.04 bits per heavy atom. The maximum Gasteiger partial charge on any atom is 0.289 e. The molecule has 0 bridgehead atoms. The Hall–Kier alpha value is -3.29. The third-order valence-corrected chi connectivity index (χ3v) is 3.66. The zero-order chi connectivity index (χ0) is 18.4. The number of nitrogens with one attached hydrogen (secondary N) is 1. The lowest BCUT2D eigenvalue weighted by Crippen LogP contribution is -2.14.